The predicted octanol–water partition coefficient (Wildman–Crippen LogP) is 4.54. The SMILES string of the molecule is CN1C(=O)/C(=C\c2ccc(-c3ccc(Br)cc3)o2)SC1=S. The van der Waals surface area contributed by atoms with E-state index < -0.39 is 0 Å². The summed E-state index contributed by atoms with van der Waals surface area (Å²) in [7, 11) is 1.67. The van der Waals surface area contributed by atoms with Gasteiger partial charge in [-0.05, 0) is 24.3 Å². The first-order valence-corrected chi connectivity index (χ1v) is 8.14. The predicted molar refractivity (Wildman–Crippen MR) is 92.8 cm³/mol. The zero-order valence-electron chi connectivity index (χ0n) is 11.0. The van der Waals surface area contributed by atoms with E-state index in [1.165, 1.54) is 16.7 Å². The van der Waals surface area contributed by atoms with Gasteiger partial charge in [-0.3, -0.25) is 9.69 Å². The van der Waals surface area contributed by atoms with Gasteiger partial charge in [0.05, 0.1) is 4.91 Å². The standard InChI is InChI=1S/C15H10BrNO2S2/c1-17-14(18)13(21-15(17)20)8-11-6-7-12(19-11)9-2-4-10(16)5-3-9/h2-8H,1H3/b13-8+. The number of benzene rings is 1. The zero-order chi connectivity index (χ0) is 15.0. The molecule has 1 aliphatic rings. The minimum absolute atomic E-state index is 0.0911. The number of thioether (sulfide) groups is 1. The fourth-order valence-corrected chi connectivity index (χ4v) is 3.30. The lowest BCUT2D eigenvalue weighted by Crippen LogP contribution is -2.22. The summed E-state index contributed by atoms with van der Waals surface area (Å²) in [6.07, 6.45) is 1.73. The number of halogens is 1. The highest BCUT2D eigenvalue weighted by atomic mass is 79.9. The Hall–Kier alpha value is -1.37. The van der Waals surface area contributed by atoms with Crippen LogP contribution in [-0.4, -0.2) is 22.2 Å². The number of hydrogen-bond acceptors (Lipinski definition) is 4. The normalized spacial score (nSPS) is 17.0. The second-order valence-electron chi connectivity index (χ2n) is 4.45. The van der Waals surface area contributed by atoms with Gasteiger partial charge >= 0.3 is 0 Å². The highest BCUT2D eigenvalue weighted by Gasteiger charge is 2.28. The summed E-state index contributed by atoms with van der Waals surface area (Å²) in [5, 5.41) is 0. The molecule has 1 aliphatic heterocycles. The topological polar surface area (TPSA) is 33.5 Å². The van der Waals surface area contributed by atoms with Crippen LogP contribution in [0, 0.1) is 0 Å². The molecule has 1 aromatic carbocycles. The molecule has 1 aromatic heterocycles. The van der Waals surface area contributed by atoms with Crippen molar-refractivity contribution in [2.45, 2.75) is 0 Å². The highest BCUT2D eigenvalue weighted by Crippen LogP contribution is 2.32. The van der Waals surface area contributed by atoms with Crippen LogP contribution < -0.4 is 0 Å². The Bertz CT molecular complexity index is 749. The van der Waals surface area contributed by atoms with Crippen LogP contribution in [0.4, 0.5) is 0 Å². The van der Waals surface area contributed by atoms with Gasteiger partial charge in [0.2, 0.25) is 0 Å². The number of carbonyl (C=O) groups is 1. The molecule has 3 rings (SSSR count). The Balaban J connectivity index is 1.87. The van der Waals surface area contributed by atoms with Crippen LogP contribution in [-0.2, 0) is 4.79 Å². The van der Waals surface area contributed by atoms with Gasteiger partial charge in [-0.15, -0.1) is 0 Å². The monoisotopic (exact) mass is 379 g/mol. The molecule has 0 N–H and O–H groups in total. The van der Waals surface area contributed by atoms with E-state index in [-0.39, 0.29) is 5.91 Å². The van der Waals surface area contributed by atoms with Crippen molar-refractivity contribution in [3.63, 3.8) is 0 Å². The molecular formula is C15H10BrNO2S2. The maximum atomic E-state index is 11.9. The highest BCUT2D eigenvalue weighted by molar-refractivity contribution is 9.10. The van der Waals surface area contributed by atoms with Crippen molar-refractivity contribution in [3.8, 4) is 11.3 Å². The van der Waals surface area contributed by atoms with E-state index in [1.54, 1.807) is 13.1 Å². The molecule has 1 fully saturated rings. The minimum atomic E-state index is -0.0911. The molecule has 6 heteroatoms. The van der Waals surface area contributed by atoms with Crippen LogP contribution in [0.25, 0.3) is 17.4 Å². The van der Waals surface area contributed by atoms with E-state index >= 15 is 0 Å². The molecule has 1 saturated heterocycles. The van der Waals surface area contributed by atoms with Gasteiger partial charge in [-0.2, -0.15) is 0 Å². The molecule has 1 amide bonds. The van der Waals surface area contributed by atoms with Crippen molar-refractivity contribution in [1.29, 1.82) is 0 Å². The Labute approximate surface area is 140 Å². The quantitative estimate of drug-likeness (QED) is 0.566. The van der Waals surface area contributed by atoms with E-state index in [1.807, 2.05) is 36.4 Å². The number of thiocarbonyl (C=S) groups is 1. The Kier molecular flexibility index (Phi) is 4.01. The summed E-state index contributed by atoms with van der Waals surface area (Å²) in [4.78, 5) is 14.0. The molecule has 0 aliphatic carbocycles. The Morgan fingerprint density at radius 1 is 1.24 bits per heavy atom. The molecule has 2 aromatic rings. The molecule has 0 saturated carbocycles. The summed E-state index contributed by atoms with van der Waals surface area (Å²) < 4.78 is 7.35. The van der Waals surface area contributed by atoms with Crippen molar-refractivity contribution in [2.24, 2.45) is 0 Å². The zero-order valence-corrected chi connectivity index (χ0v) is 14.2. The molecule has 21 heavy (non-hydrogen) atoms. The van der Waals surface area contributed by atoms with Crippen molar-refractivity contribution in [2.75, 3.05) is 7.05 Å². The first-order chi connectivity index (χ1) is 10.0. The van der Waals surface area contributed by atoms with E-state index in [4.69, 9.17) is 16.6 Å². The second kappa shape index (κ2) is 5.79. The van der Waals surface area contributed by atoms with Crippen LogP contribution >= 0.6 is 39.9 Å². The van der Waals surface area contributed by atoms with Gasteiger partial charge in [0.15, 0.2) is 0 Å². The molecule has 0 radical (unpaired) electrons. The van der Waals surface area contributed by atoms with Crippen molar-refractivity contribution in [3.05, 3.63) is 51.5 Å². The molecule has 0 bridgehead atoms. The van der Waals surface area contributed by atoms with Crippen molar-refractivity contribution >= 4 is 56.2 Å². The maximum Gasteiger partial charge on any atom is 0.266 e. The molecule has 0 atom stereocenters. The summed E-state index contributed by atoms with van der Waals surface area (Å²) in [5.41, 5.74) is 0.987. The number of hydrogen-bond donors (Lipinski definition) is 0. The number of carbonyl (C=O) groups excluding carboxylic acids is 1. The van der Waals surface area contributed by atoms with Crippen LogP contribution in [0.5, 0.6) is 0 Å². The number of likely N-dealkylation sites (N-methyl/N-ethyl adjacent to an activating group) is 1. The number of rotatable bonds is 2. The van der Waals surface area contributed by atoms with Crippen LogP contribution in [0.3, 0.4) is 0 Å². The molecule has 106 valence electrons. The third-order valence-corrected chi connectivity index (χ3v) is 5.03. The molecular weight excluding hydrogens is 370 g/mol. The fraction of sp³-hybridized carbons (Fsp3) is 0.0667. The van der Waals surface area contributed by atoms with Gasteiger partial charge in [-0.1, -0.05) is 52.0 Å². The lowest BCUT2D eigenvalue weighted by molar-refractivity contribution is -0.121. The maximum absolute atomic E-state index is 11.9. The smallest absolute Gasteiger partial charge is 0.266 e. The lowest BCUT2D eigenvalue weighted by atomic mass is 10.2. The van der Waals surface area contributed by atoms with Crippen molar-refractivity contribution in [1.82, 2.24) is 4.90 Å². The molecule has 2 heterocycles. The number of furan rings is 1. The largest absolute Gasteiger partial charge is 0.457 e. The number of nitrogens with zero attached hydrogens (tertiary/aromatic N) is 1. The van der Waals surface area contributed by atoms with Gasteiger partial charge in [-0.25, -0.2) is 0 Å². The van der Waals surface area contributed by atoms with Crippen molar-refractivity contribution < 1.29 is 9.21 Å². The first kappa shape index (κ1) is 14.6. The van der Waals surface area contributed by atoms with Gasteiger partial charge in [0.25, 0.3) is 5.91 Å². The summed E-state index contributed by atoms with van der Waals surface area (Å²) in [6, 6.07) is 11.6. The summed E-state index contributed by atoms with van der Waals surface area (Å²) in [5.74, 6) is 1.31. The molecule has 0 spiro atoms. The van der Waals surface area contributed by atoms with E-state index in [0.717, 1.165) is 15.8 Å². The molecule has 0 unspecified atom stereocenters. The van der Waals surface area contributed by atoms with Crippen LogP contribution in [0.2, 0.25) is 0 Å². The van der Waals surface area contributed by atoms with Gasteiger partial charge < -0.3 is 4.42 Å². The Morgan fingerprint density at radius 2 is 1.95 bits per heavy atom. The average Bonchev–Trinajstić information content (AvgIpc) is 3.02. The Morgan fingerprint density at radius 3 is 2.57 bits per heavy atom. The fourth-order valence-electron chi connectivity index (χ4n) is 1.87. The third-order valence-electron chi connectivity index (χ3n) is 3.02. The summed E-state index contributed by atoms with van der Waals surface area (Å²) in [6.45, 7) is 0. The average molecular weight is 380 g/mol. The third kappa shape index (κ3) is 2.97. The number of amides is 1. The second-order valence-corrected chi connectivity index (χ2v) is 7.04. The van der Waals surface area contributed by atoms with Gasteiger partial charge in [0.1, 0.15) is 15.8 Å². The lowest BCUT2D eigenvalue weighted by Gasteiger charge is -2.03. The van der Waals surface area contributed by atoms with Crippen LogP contribution in [0.15, 0.2) is 50.2 Å². The first-order valence-electron chi connectivity index (χ1n) is 6.12. The summed E-state index contributed by atoms with van der Waals surface area (Å²) >= 11 is 9.79. The van der Waals surface area contributed by atoms with Crippen LogP contribution in [0.1, 0.15) is 5.76 Å². The molecule has 3 nitrogen and oxygen atoms in total. The van der Waals surface area contributed by atoms with E-state index in [2.05, 4.69) is 15.9 Å². The van der Waals surface area contributed by atoms with E-state index in [9.17, 15) is 4.79 Å². The van der Waals surface area contributed by atoms with Gasteiger partial charge in [0, 0.05) is 23.2 Å². The van der Waals surface area contributed by atoms with E-state index in [0.29, 0.717) is 15.0 Å². The minimum Gasteiger partial charge on any atom is -0.457 e.